The second-order valence-electron chi connectivity index (χ2n) is 2.39. The molecule has 0 aromatic carbocycles. The second-order valence-corrected chi connectivity index (χ2v) is 3.56. The van der Waals surface area contributed by atoms with Crippen LogP contribution in [-0.4, -0.2) is 25.3 Å². The highest BCUT2D eigenvalue weighted by Crippen LogP contribution is 2.30. The van der Waals surface area contributed by atoms with Crippen molar-refractivity contribution in [3.05, 3.63) is 21.3 Å². The van der Waals surface area contributed by atoms with Gasteiger partial charge in [0.25, 0.3) is 0 Å². The molecule has 0 spiro atoms. The van der Waals surface area contributed by atoms with E-state index in [1.54, 1.807) is 7.11 Å². The van der Waals surface area contributed by atoms with Crippen LogP contribution in [0, 0.1) is 0 Å². The van der Waals surface area contributed by atoms with E-state index in [0.717, 1.165) is 0 Å². The fourth-order valence-corrected chi connectivity index (χ4v) is 1.30. The lowest BCUT2D eigenvalue weighted by molar-refractivity contribution is 0.144. The van der Waals surface area contributed by atoms with E-state index >= 15 is 0 Å². The molecule has 6 heteroatoms. The van der Waals surface area contributed by atoms with Crippen LogP contribution < -0.4 is 4.74 Å². The third-order valence-electron chi connectivity index (χ3n) is 1.38. The fourth-order valence-electron chi connectivity index (χ4n) is 0.751. The first-order valence-corrected chi connectivity index (χ1v) is 4.92. The van der Waals surface area contributed by atoms with Crippen LogP contribution >= 0.6 is 34.8 Å². The van der Waals surface area contributed by atoms with Crippen molar-refractivity contribution in [1.82, 2.24) is 4.98 Å². The van der Waals surface area contributed by atoms with Crippen molar-refractivity contribution in [3.63, 3.8) is 0 Å². The highest BCUT2D eigenvalue weighted by molar-refractivity contribution is 6.42. The molecule has 0 radical (unpaired) electrons. The molecule has 0 saturated heterocycles. The van der Waals surface area contributed by atoms with E-state index in [9.17, 15) is 0 Å². The SMILES string of the molecule is COCCOc1nc(Cl)c(Cl)cc1Cl. The molecule has 0 fully saturated rings. The van der Waals surface area contributed by atoms with Crippen molar-refractivity contribution in [3.8, 4) is 5.88 Å². The molecule has 0 N–H and O–H groups in total. The molecule has 78 valence electrons. The van der Waals surface area contributed by atoms with Crippen LogP contribution in [0.2, 0.25) is 15.2 Å². The number of nitrogens with zero attached hydrogens (tertiary/aromatic N) is 1. The first-order valence-electron chi connectivity index (χ1n) is 3.78. The average Bonchev–Trinajstić information content (AvgIpc) is 2.14. The number of hydrogen-bond acceptors (Lipinski definition) is 3. The Morgan fingerprint density at radius 2 is 1.93 bits per heavy atom. The molecule has 0 amide bonds. The molecule has 0 bridgehead atoms. The van der Waals surface area contributed by atoms with Crippen molar-refractivity contribution in [2.75, 3.05) is 20.3 Å². The number of hydrogen-bond donors (Lipinski definition) is 0. The van der Waals surface area contributed by atoms with Crippen molar-refractivity contribution >= 4 is 34.8 Å². The standard InChI is InChI=1S/C8H8Cl3NO2/c1-13-2-3-14-8-6(10)4-5(9)7(11)12-8/h4H,2-3H2,1H3. The van der Waals surface area contributed by atoms with Gasteiger partial charge in [0.1, 0.15) is 11.6 Å². The summed E-state index contributed by atoms with van der Waals surface area (Å²) in [7, 11) is 1.58. The maximum Gasteiger partial charge on any atom is 0.234 e. The highest BCUT2D eigenvalue weighted by atomic mass is 35.5. The number of pyridine rings is 1. The van der Waals surface area contributed by atoms with Gasteiger partial charge in [-0.15, -0.1) is 0 Å². The molecular formula is C8H8Cl3NO2. The molecule has 0 unspecified atom stereocenters. The van der Waals surface area contributed by atoms with E-state index < -0.39 is 0 Å². The number of halogens is 3. The topological polar surface area (TPSA) is 31.4 Å². The van der Waals surface area contributed by atoms with Crippen LogP contribution in [0.5, 0.6) is 5.88 Å². The summed E-state index contributed by atoms with van der Waals surface area (Å²) < 4.78 is 10.0. The molecule has 1 aromatic heterocycles. The Morgan fingerprint density at radius 3 is 2.57 bits per heavy atom. The van der Waals surface area contributed by atoms with Crippen LogP contribution in [0.1, 0.15) is 0 Å². The molecule has 1 rings (SSSR count). The Morgan fingerprint density at radius 1 is 1.21 bits per heavy atom. The molecule has 0 aliphatic heterocycles. The minimum absolute atomic E-state index is 0.170. The molecule has 0 aliphatic rings. The van der Waals surface area contributed by atoms with Crippen LogP contribution in [0.15, 0.2) is 6.07 Å². The van der Waals surface area contributed by atoms with E-state index in [1.807, 2.05) is 0 Å². The number of aromatic nitrogens is 1. The zero-order valence-corrected chi connectivity index (χ0v) is 9.66. The first-order chi connectivity index (χ1) is 6.65. The molecular weight excluding hydrogens is 248 g/mol. The third kappa shape index (κ3) is 3.17. The van der Waals surface area contributed by atoms with Gasteiger partial charge < -0.3 is 9.47 Å². The summed E-state index contributed by atoms with van der Waals surface area (Å²) in [4.78, 5) is 3.87. The number of methoxy groups -OCH3 is 1. The summed E-state index contributed by atoms with van der Waals surface area (Å²) >= 11 is 17.2. The Bertz CT molecular complexity index is 320. The number of rotatable bonds is 4. The molecule has 0 saturated carbocycles. The van der Waals surface area contributed by atoms with Crippen molar-refractivity contribution < 1.29 is 9.47 Å². The Labute approximate surface area is 96.9 Å². The largest absolute Gasteiger partial charge is 0.474 e. The predicted octanol–water partition coefficient (Wildman–Crippen LogP) is 3.07. The van der Waals surface area contributed by atoms with Gasteiger partial charge >= 0.3 is 0 Å². The summed E-state index contributed by atoms with van der Waals surface area (Å²) in [5.41, 5.74) is 0. The van der Waals surface area contributed by atoms with Gasteiger partial charge in [0.05, 0.1) is 11.6 Å². The smallest absolute Gasteiger partial charge is 0.234 e. The Balaban J connectivity index is 2.72. The van der Waals surface area contributed by atoms with E-state index in [4.69, 9.17) is 44.3 Å². The lowest BCUT2D eigenvalue weighted by Gasteiger charge is -2.06. The van der Waals surface area contributed by atoms with E-state index in [2.05, 4.69) is 4.98 Å². The van der Waals surface area contributed by atoms with Gasteiger partial charge in [0.15, 0.2) is 5.15 Å². The minimum Gasteiger partial charge on any atom is -0.474 e. The summed E-state index contributed by atoms with van der Waals surface area (Å²) in [6, 6.07) is 1.49. The van der Waals surface area contributed by atoms with Crippen LogP contribution in [0.25, 0.3) is 0 Å². The van der Waals surface area contributed by atoms with Crippen LogP contribution in [0.4, 0.5) is 0 Å². The van der Waals surface area contributed by atoms with Crippen LogP contribution in [-0.2, 0) is 4.74 Å². The monoisotopic (exact) mass is 255 g/mol. The van der Waals surface area contributed by atoms with Crippen molar-refractivity contribution in [1.29, 1.82) is 0 Å². The maximum absolute atomic E-state index is 5.81. The summed E-state index contributed by atoms with van der Waals surface area (Å²) in [6.45, 7) is 0.819. The van der Waals surface area contributed by atoms with Crippen molar-refractivity contribution in [2.24, 2.45) is 0 Å². The van der Waals surface area contributed by atoms with Gasteiger partial charge in [-0.3, -0.25) is 0 Å². The van der Waals surface area contributed by atoms with E-state index in [1.165, 1.54) is 6.07 Å². The van der Waals surface area contributed by atoms with Crippen molar-refractivity contribution in [2.45, 2.75) is 0 Å². The molecule has 1 heterocycles. The van der Waals surface area contributed by atoms with Gasteiger partial charge in [0, 0.05) is 7.11 Å². The maximum atomic E-state index is 5.81. The third-order valence-corrected chi connectivity index (χ3v) is 2.32. The van der Waals surface area contributed by atoms with Gasteiger partial charge in [-0.25, -0.2) is 0 Å². The molecule has 14 heavy (non-hydrogen) atoms. The molecule has 3 nitrogen and oxygen atoms in total. The Kier molecular flexibility index (Phi) is 4.75. The molecule has 1 aromatic rings. The zero-order chi connectivity index (χ0) is 10.6. The highest BCUT2D eigenvalue weighted by Gasteiger charge is 2.08. The summed E-state index contributed by atoms with van der Waals surface area (Å²) in [6.07, 6.45) is 0. The summed E-state index contributed by atoms with van der Waals surface area (Å²) in [5, 5.41) is 0.801. The van der Waals surface area contributed by atoms with Gasteiger partial charge in [-0.05, 0) is 6.07 Å². The number of ether oxygens (including phenoxy) is 2. The van der Waals surface area contributed by atoms with Gasteiger partial charge in [0.2, 0.25) is 5.88 Å². The Hall–Kier alpha value is -0.220. The zero-order valence-electron chi connectivity index (χ0n) is 7.39. The van der Waals surface area contributed by atoms with Crippen LogP contribution in [0.3, 0.4) is 0 Å². The lowest BCUT2D eigenvalue weighted by atomic mass is 10.5. The van der Waals surface area contributed by atoms with E-state index in [0.29, 0.717) is 23.3 Å². The quantitative estimate of drug-likeness (QED) is 0.613. The van der Waals surface area contributed by atoms with E-state index in [-0.39, 0.29) is 11.0 Å². The fraction of sp³-hybridized carbons (Fsp3) is 0.375. The summed E-state index contributed by atoms with van der Waals surface area (Å²) in [5.74, 6) is 0.262. The minimum atomic E-state index is 0.170. The molecule has 0 atom stereocenters. The second kappa shape index (κ2) is 5.61. The lowest BCUT2D eigenvalue weighted by Crippen LogP contribution is -2.05. The normalized spacial score (nSPS) is 10.3. The molecule has 0 aliphatic carbocycles. The first kappa shape index (κ1) is 11.9. The average molecular weight is 257 g/mol. The van der Waals surface area contributed by atoms with Gasteiger partial charge in [-0.2, -0.15) is 4.98 Å². The van der Waals surface area contributed by atoms with Gasteiger partial charge in [-0.1, -0.05) is 34.8 Å². The predicted molar refractivity (Wildman–Crippen MR) is 56.6 cm³/mol.